The summed E-state index contributed by atoms with van der Waals surface area (Å²) in [7, 11) is -2.70. The van der Waals surface area contributed by atoms with Crippen LogP contribution in [0.5, 0.6) is 0 Å². The van der Waals surface area contributed by atoms with Gasteiger partial charge in [0.15, 0.2) is 10.6 Å². The van der Waals surface area contributed by atoms with E-state index < -0.39 is 21.5 Å². The first-order valence-electron chi connectivity index (χ1n) is 12.8. The van der Waals surface area contributed by atoms with Gasteiger partial charge in [-0.05, 0) is 85.0 Å². The number of aryl methyl sites for hydroxylation is 1. The Kier molecular flexibility index (Phi) is 6.12. The lowest BCUT2D eigenvalue weighted by Gasteiger charge is -2.40. The first kappa shape index (κ1) is 25.1. The van der Waals surface area contributed by atoms with Gasteiger partial charge in [-0.15, -0.1) is 0 Å². The molecule has 1 aliphatic heterocycles. The average molecular weight is 541 g/mol. The van der Waals surface area contributed by atoms with Crippen molar-refractivity contribution in [2.24, 2.45) is 0 Å². The van der Waals surface area contributed by atoms with Gasteiger partial charge in [-0.25, -0.2) is 9.11 Å². The van der Waals surface area contributed by atoms with E-state index in [4.69, 9.17) is 9.47 Å². The summed E-state index contributed by atoms with van der Waals surface area (Å²) in [5.74, 6) is -1.00. The van der Waals surface area contributed by atoms with Crippen molar-refractivity contribution < 1.29 is 27.1 Å². The van der Waals surface area contributed by atoms with E-state index in [0.717, 1.165) is 36.1 Å². The zero-order chi connectivity index (χ0) is 26.7. The van der Waals surface area contributed by atoms with E-state index in [-0.39, 0.29) is 23.3 Å². The molecule has 0 atom stereocenters. The van der Waals surface area contributed by atoms with Crippen LogP contribution in [0.15, 0.2) is 35.5 Å². The maximum absolute atomic E-state index is 15.0. The number of hydrogen-bond acceptors (Lipinski definition) is 7. The second-order valence-electron chi connectivity index (χ2n) is 10.3. The Hall–Kier alpha value is -3.15. The Morgan fingerprint density at radius 1 is 1.24 bits per heavy atom. The van der Waals surface area contributed by atoms with Crippen molar-refractivity contribution in [3.8, 4) is 11.1 Å². The second-order valence-corrected chi connectivity index (χ2v) is 12.0. The number of sulfonamides is 1. The fourth-order valence-electron chi connectivity index (χ4n) is 5.47. The number of amides is 1. The van der Waals surface area contributed by atoms with E-state index in [1.165, 1.54) is 12.1 Å². The molecule has 1 aromatic carbocycles. The first-order chi connectivity index (χ1) is 18.2. The molecule has 9 nitrogen and oxygen atoms in total. The van der Waals surface area contributed by atoms with Gasteiger partial charge in [0.1, 0.15) is 5.82 Å². The third kappa shape index (κ3) is 4.32. The van der Waals surface area contributed by atoms with Crippen LogP contribution in [0.2, 0.25) is 0 Å². The van der Waals surface area contributed by atoms with Gasteiger partial charge in [-0.2, -0.15) is 13.5 Å². The maximum atomic E-state index is 15.0. The van der Waals surface area contributed by atoms with Gasteiger partial charge in [0.25, 0.3) is 10.0 Å². The van der Waals surface area contributed by atoms with Crippen molar-refractivity contribution in [3.63, 3.8) is 0 Å². The van der Waals surface area contributed by atoms with Crippen molar-refractivity contribution >= 4 is 15.9 Å². The molecule has 11 heteroatoms. The van der Waals surface area contributed by atoms with Gasteiger partial charge in [-0.1, -0.05) is 0 Å². The number of halogens is 1. The molecule has 1 saturated carbocycles. The second kappa shape index (κ2) is 9.25. The molecule has 3 aromatic rings. The molecule has 2 aromatic heterocycles. The molecular formula is C27H29FN4O5S. The molecule has 3 heterocycles. The van der Waals surface area contributed by atoms with Gasteiger partial charge in [-0.3, -0.25) is 14.5 Å². The zero-order valence-electron chi connectivity index (χ0n) is 21.3. The molecule has 6 rings (SSSR count). The summed E-state index contributed by atoms with van der Waals surface area (Å²) in [6, 6.07) is 6.62. The molecule has 38 heavy (non-hydrogen) atoms. The number of methoxy groups -OCH3 is 1. The number of aromatic nitrogens is 3. The van der Waals surface area contributed by atoms with Crippen molar-refractivity contribution in [1.82, 2.24) is 19.5 Å². The number of ether oxygens (including phenoxy) is 2. The van der Waals surface area contributed by atoms with Crippen LogP contribution in [0.25, 0.3) is 11.1 Å². The van der Waals surface area contributed by atoms with Crippen LogP contribution in [0.3, 0.4) is 0 Å². The smallest absolute Gasteiger partial charge is 0.283 e. The fourth-order valence-corrected chi connectivity index (χ4v) is 6.41. The summed E-state index contributed by atoms with van der Waals surface area (Å²) in [6.45, 7) is 2.45. The molecule has 0 unspecified atom stereocenters. The van der Waals surface area contributed by atoms with Crippen LogP contribution >= 0.6 is 0 Å². The molecule has 1 saturated heterocycles. The molecule has 3 aliphatic rings. The highest BCUT2D eigenvalue weighted by Gasteiger charge is 2.46. The number of pyridine rings is 1. The molecule has 200 valence electrons. The number of rotatable bonds is 8. The predicted molar refractivity (Wildman–Crippen MR) is 135 cm³/mol. The summed E-state index contributed by atoms with van der Waals surface area (Å²) < 4.78 is 56.5. The Labute approximate surface area is 220 Å². The van der Waals surface area contributed by atoms with Crippen LogP contribution in [-0.2, 0) is 49.2 Å². The number of hydrogen-bond donors (Lipinski definition) is 1. The third-order valence-electron chi connectivity index (χ3n) is 7.67. The minimum atomic E-state index is -4.26. The summed E-state index contributed by atoms with van der Waals surface area (Å²) >= 11 is 0. The molecule has 2 fully saturated rings. The number of benzene rings is 1. The highest BCUT2D eigenvalue weighted by atomic mass is 32.2. The minimum Gasteiger partial charge on any atom is -0.374 e. The Balaban J connectivity index is 1.31. The topological polar surface area (TPSA) is 112 Å². The summed E-state index contributed by atoms with van der Waals surface area (Å²) in [5.41, 5.74) is 3.99. The van der Waals surface area contributed by atoms with Gasteiger partial charge in [0.2, 0.25) is 5.91 Å². The number of carbonyl (C=O) groups is 1. The quantitative estimate of drug-likeness (QED) is 0.467. The number of nitrogens with one attached hydrogen (secondary N) is 1. The van der Waals surface area contributed by atoms with Gasteiger partial charge in [0.05, 0.1) is 31.4 Å². The van der Waals surface area contributed by atoms with E-state index >= 15 is 0 Å². The van der Waals surface area contributed by atoms with Crippen LogP contribution < -0.4 is 4.72 Å². The molecule has 0 bridgehead atoms. The highest BCUT2D eigenvalue weighted by molar-refractivity contribution is 7.90. The van der Waals surface area contributed by atoms with Gasteiger partial charge >= 0.3 is 0 Å². The summed E-state index contributed by atoms with van der Waals surface area (Å²) in [5, 5.41) is 4.13. The Morgan fingerprint density at radius 2 is 2.00 bits per heavy atom. The SMILES string of the molecule is COC1(c2cc(S(=O)(=O)NC(=O)Cc3c(-c4ccnc(C)c4)cc(F)c4c3CCC4)nn2C2CC2)COC1. The monoisotopic (exact) mass is 540 g/mol. The number of carbonyl (C=O) groups excluding carboxylic acids is 1. The van der Waals surface area contributed by atoms with Gasteiger partial charge < -0.3 is 9.47 Å². The van der Waals surface area contributed by atoms with Crippen LogP contribution in [0, 0.1) is 12.7 Å². The van der Waals surface area contributed by atoms with E-state index in [1.807, 2.05) is 13.0 Å². The largest absolute Gasteiger partial charge is 0.374 e. The zero-order valence-corrected chi connectivity index (χ0v) is 22.1. The number of fused-ring (bicyclic) bond motifs is 1. The standard InChI is InChI=1S/C27H29FN4O5S/c1-16-10-17(8-9-29-16)21-11-23(28)20-5-3-4-19(20)22(21)12-25(33)31-38(34,35)26-13-24(27(36-2)14-37-15-27)32(30-26)18-6-7-18/h8-11,13,18H,3-7,12,14-15H2,1-2H3,(H,31,33). The predicted octanol–water partition coefficient (Wildman–Crippen LogP) is 3.14. The van der Waals surface area contributed by atoms with Crippen LogP contribution in [0.4, 0.5) is 4.39 Å². The van der Waals surface area contributed by atoms with E-state index in [2.05, 4.69) is 14.8 Å². The third-order valence-corrected chi connectivity index (χ3v) is 8.92. The van der Waals surface area contributed by atoms with E-state index in [0.29, 0.717) is 48.4 Å². The van der Waals surface area contributed by atoms with Crippen molar-refractivity contribution in [2.75, 3.05) is 20.3 Å². The molecule has 1 N–H and O–H groups in total. The highest BCUT2D eigenvalue weighted by Crippen LogP contribution is 2.42. The summed E-state index contributed by atoms with van der Waals surface area (Å²) in [4.78, 5) is 17.4. The van der Waals surface area contributed by atoms with Crippen molar-refractivity contribution in [2.45, 2.75) is 62.1 Å². The maximum Gasteiger partial charge on any atom is 0.283 e. The lowest BCUT2D eigenvalue weighted by Crippen LogP contribution is -2.49. The van der Waals surface area contributed by atoms with Crippen molar-refractivity contribution in [1.29, 1.82) is 0 Å². The fraction of sp³-hybridized carbons (Fsp3) is 0.444. The molecule has 0 spiro atoms. The Morgan fingerprint density at radius 3 is 2.66 bits per heavy atom. The molecule has 0 radical (unpaired) electrons. The number of nitrogens with zero attached hydrogens (tertiary/aromatic N) is 3. The lowest BCUT2D eigenvalue weighted by molar-refractivity contribution is -0.206. The summed E-state index contributed by atoms with van der Waals surface area (Å²) in [6.07, 6.45) is 5.24. The normalized spacial score (nSPS) is 18.2. The van der Waals surface area contributed by atoms with E-state index in [1.54, 1.807) is 24.1 Å². The van der Waals surface area contributed by atoms with Crippen LogP contribution in [0.1, 0.15) is 53.4 Å². The first-order valence-corrected chi connectivity index (χ1v) is 14.2. The Bertz CT molecular complexity index is 1540. The lowest BCUT2D eigenvalue weighted by atomic mass is 9.90. The van der Waals surface area contributed by atoms with Crippen molar-refractivity contribution in [3.05, 3.63) is 64.4 Å². The van der Waals surface area contributed by atoms with Crippen LogP contribution in [-0.4, -0.2) is 49.4 Å². The van der Waals surface area contributed by atoms with E-state index in [9.17, 15) is 17.6 Å². The molecule has 1 amide bonds. The molecular weight excluding hydrogens is 511 g/mol. The van der Waals surface area contributed by atoms with Gasteiger partial charge in [0, 0.05) is 25.1 Å². The average Bonchev–Trinajstić information content (AvgIpc) is 3.38. The minimum absolute atomic E-state index is 0.102. The molecule has 2 aliphatic carbocycles.